The summed E-state index contributed by atoms with van der Waals surface area (Å²) in [5.74, 6) is 0.888. The molecule has 90 valence electrons. The minimum absolute atomic E-state index is 0.0973. The van der Waals surface area contributed by atoms with Gasteiger partial charge in [0.25, 0.3) is 0 Å². The van der Waals surface area contributed by atoms with Crippen LogP contribution in [0.5, 0.6) is 0 Å². The second-order valence-corrected chi connectivity index (χ2v) is 6.33. The van der Waals surface area contributed by atoms with Gasteiger partial charge >= 0.3 is 5.51 Å². The first-order valence-electron chi connectivity index (χ1n) is 5.34. The number of rotatable bonds is 5. The predicted octanol–water partition coefficient (Wildman–Crippen LogP) is 4.97. The van der Waals surface area contributed by atoms with Gasteiger partial charge in [0.2, 0.25) is 0 Å². The molecule has 0 aromatic heterocycles. The summed E-state index contributed by atoms with van der Waals surface area (Å²) in [6.07, 6.45) is 6.56. The summed E-state index contributed by atoms with van der Waals surface area (Å²) in [5, 5.41) is 0. The zero-order valence-electron chi connectivity index (χ0n) is 8.52. The van der Waals surface area contributed by atoms with Crippen molar-refractivity contribution < 1.29 is 13.2 Å². The molecule has 0 N–H and O–H groups in total. The maximum absolute atomic E-state index is 11.8. The van der Waals surface area contributed by atoms with E-state index in [9.17, 15) is 13.2 Å². The summed E-state index contributed by atoms with van der Waals surface area (Å²) >= 11 is 3.69. The van der Waals surface area contributed by atoms with Gasteiger partial charge in [0.05, 0.1) is 0 Å². The van der Waals surface area contributed by atoms with Gasteiger partial charge in [-0.05, 0) is 31.6 Å². The number of hydrogen-bond donors (Lipinski definition) is 0. The highest BCUT2D eigenvalue weighted by molar-refractivity contribution is 9.09. The van der Waals surface area contributed by atoms with E-state index in [2.05, 4.69) is 15.9 Å². The van der Waals surface area contributed by atoms with E-state index in [0.717, 1.165) is 6.42 Å². The van der Waals surface area contributed by atoms with Crippen molar-refractivity contribution in [1.29, 1.82) is 0 Å². The van der Waals surface area contributed by atoms with Crippen molar-refractivity contribution in [2.75, 3.05) is 5.75 Å². The lowest BCUT2D eigenvalue weighted by atomic mass is 10.0. The van der Waals surface area contributed by atoms with Crippen molar-refractivity contribution in [3.8, 4) is 0 Å². The summed E-state index contributed by atoms with van der Waals surface area (Å²) < 4.78 is 35.5. The van der Waals surface area contributed by atoms with Crippen molar-refractivity contribution in [2.45, 2.75) is 48.9 Å². The molecule has 1 rings (SSSR count). The molecule has 0 radical (unpaired) electrons. The van der Waals surface area contributed by atoms with E-state index >= 15 is 0 Å². The molecule has 0 amide bonds. The van der Waals surface area contributed by atoms with E-state index in [1.54, 1.807) is 0 Å². The first-order chi connectivity index (χ1) is 6.99. The molecule has 0 spiro atoms. The molecule has 1 atom stereocenters. The van der Waals surface area contributed by atoms with Gasteiger partial charge in [-0.2, -0.15) is 13.2 Å². The predicted molar refractivity (Wildman–Crippen MR) is 62.4 cm³/mol. The highest BCUT2D eigenvalue weighted by Gasteiger charge is 2.28. The standard InChI is InChI=1S/C10H16BrF3S/c11-9(8-4-1-2-5-8)6-3-7-15-10(12,13)14/h8-9H,1-7H2. The Morgan fingerprint density at radius 2 is 1.87 bits per heavy atom. The normalized spacial score (nSPS) is 20.8. The Hall–Kier alpha value is 0.620. The first kappa shape index (κ1) is 13.7. The van der Waals surface area contributed by atoms with Crippen LogP contribution in [-0.2, 0) is 0 Å². The lowest BCUT2D eigenvalue weighted by Gasteiger charge is -2.16. The highest BCUT2D eigenvalue weighted by Crippen LogP contribution is 2.35. The van der Waals surface area contributed by atoms with Crippen molar-refractivity contribution in [2.24, 2.45) is 5.92 Å². The summed E-state index contributed by atoms with van der Waals surface area (Å²) in [6, 6.07) is 0. The molecule has 1 saturated carbocycles. The smallest absolute Gasteiger partial charge is 0.160 e. The van der Waals surface area contributed by atoms with Crippen molar-refractivity contribution >= 4 is 27.7 Å². The van der Waals surface area contributed by atoms with E-state index in [1.165, 1.54) is 25.7 Å². The molecule has 0 bridgehead atoms. The summed E-state index contributed by atoms with van der Waals surface area (Å²) in [7, 11) is 0. The van der Waals surface area contributed by atoms with Crippen LogP contribution in [0.25, 0.3) is 0 Å². The third-order valence-electron chi connectivity index (χ3n) is 2.80. The van der Waals surface area contributed by atoms with Crippen molar-refractivity contribution in [1.82, 2.24) is 0 Å². The number of halogens is 4. The van der Waals surface area contributed by atoms with Crippen molar-refractivity contribution in [3.63, 3.8) is 0 Å². The largest absolute Gasteiger partial charge is 0.441 e. The molecule has 0 aliphatic heterocycles. The number of thioether (sulfide) groups is 1. The minimum atomic E-state index is -4.06. The maximum atomic E-state index is 11.8. The SMILES string of the molecule is FC(F)(F)SCCCC(Br)C1CCCC1. The molecule has 1 aliphatic carbocycles. The summed E-state index contributed by atoms with van der Waals surface area (Å²) in [5.41, 5.74) is -4.06. The number of hydrogen-bond acceptors (Lipinski definition) is 1. The van der Waals surface area contributed by atoms with E-state index in [0.29, 0.717) is 17.2 Å². The van der Waals surface area contributed by atoms with Crippen LogP contribution >= 0.6 is 27.7 Å². The molecule has 0 aromatic rings. The van der Waals surface area contributed by atoms with Crippen LogP contribution in [0.3, 0.4) is 0 Å². The fourth-order valence-corrected chi connectivity index (χ4v) is 3.42. The molecule has 1 fully saturated rings. The van der Waals surface area contributed by atoms with Gasteiger partial charge in [0, 0.05) is 10.6 Å². The van der Waals surface area contributed by atoms with E-state index < -0.39 is 5.51 Å². The molecule has 0 aromatic carbocycles. The van der Waals surface area contributed by atoms with Gasteiger partial charge in [0.15, 0.2) is 0 Å². The van der Waals surface area contributed by atoms with Crippen LogP contribution in [0.4, 0.5) is 13.2 Å². The molecule has 0 heterocycles. The van der Waals surface area contributed by atoms with Crippen LogP contribution < -0.4 is 0 Å². The minimum Gasteiger partial charge on any atom is -0.160 e. The topological polar surface area (TPSA) is 0 Å². The molecule has 15 heavy (non-hydrogen) atoms. The average Bonchev–Trinajstić information content (AvgIpc) is 2.63. The van der Waals surface area contributed by atoms with Crippen molar-refractivity contribution in [3.05, 3.63) is 0 Å². The lowest BCUT2D eigenvalue weighted by molar-refractivity contribution is -0.0328. The van der Waals surface area contributed by atoms with Crippen LogP contribution in [0.2, 0.25) is 0 Å². The molecular formula is C10H16BrF3S. The second-order valence-electron chi connectivity index (χ2n) is 4.00. The number of alkyl halides is 4. The van der Waals surface area contributed by atoms with Gasteiger partial charge in [-0.3, -0.25) is 0 Å². The lowest BCUT2D eigenvalue weighted by Crippen LogP contribution is -2.11. The highest BCUT2D eigenvalue weighted by atomic mass is 79.9. The van der Waals surface area contributed by atoms with Gasteiger partial charge in [-0.1, -0.05) is 40.5 Å². The summed E-state index contributed by atoms with van der Waals surface area (Å²) in [4.78, 5) is 0.425. The second kappa shape index (κ2) is 6.38. The van der Waals surface area contributed by atoms with Crippen LogP contribution in [-0.4, -0.2) is 16.1 Å². The monoisotopic (exact) mass is 304 g/mol. The molecule has 1 unspecified atom stereocenters. The Morgan fingerprint density at radius 3 is 2.40 bits per heavy atom. The quantitative estimate of drug-likeness (QED) is 0.510. The van der Waals surface area contributed by atoms with E-state index in [-0.39, 0.29) is 17.5 Å². The molecule has 1 aliphatic rings. The Bertz CT molecular complexity index is 178. The first-order valence-corrected chi connectivity index (χ1v) is 7.24. The third-order valence-corrected chi connectivity index (χ3v) is 4.83. The van der Waals surface area contributed by atoms with E-state index in [4.69, 9.17) is 0 Å². The van der Waals surface area contributed by atoms with Crippen LogP contribution in [0.15, 0.2) is 0 Å². The van der Waals surface area contributed by atoms with Gasteiger partial charge in [-0.25, -0.2) is 0 Å². The zero-order chi connectivity index (χ0) is 11.3. The van der Waals surface area contributed by atoms with Gasteiger partial charge in [-0.15, -0.1) is 0 Å². The van der Waals surface area contributed by atoms with Crippen LogP contribution in [0.1, 0.15) is 38.5 Å². The fourth-order valence-electron chi connectivity index (χ4n) is 2.02. The van der Waals surface area contributed by atoms with Gasteiger partial charge in [0.1, 0.15) is 0 Å². The molecular weight excluding hydrogens is 289 g/mol. The molecule has 0 nitrogen and oxygen atoms in total. The Morgan fingerprint density at radius 1 is 1.27 bits per heavy atom. The van der Waals surface area contributed by atoms with Crippen LogP contribution in [0, 0.1) is 5.92 Å². The third kappa shape index (κ3) is 6.05. The zero-order valence-corrected chi connectivity index (χ0v) is 10.9. The average molecular weight is 305 g/mol. The van der Waals surface area contributed by atoms with Gasteiger partial charge < -0.3 is 0 Å². The van der Waals surface area contributed by atoms with E-state index in [1.807, 2.05) is 0 Å². The Balaban J connectivity index is 2.04. The molecule has 0 saturated heterocycles. The summed E-state index contributed by atoms with van der Waals surface area (Å²) in [6.45, 7) is 0. The molecule has 5 heteroatoms. The Kier molecular flexibility index (Phi) is 5.82. The fraction of sp³-hybridized carbons (Fsp3) is 1.00. The maximum Gasteiger partial charge on any atom is 0.441 e. The Labute approximate surface area is 102 Å².